The highest BCUT2D eigenvalue weighted by Gasteiger charge is 2.19. The van der Waals surface area contributed by atoms with Crippen LogP contribution in [0.2, 0.25) is 0 Å². The molecule has 0 spiro atoms. The Morgan fingerprint density at radius 3 is 3.00 bits per heavy atom. The molecule has 9 heteroatoms. The molecule has 0 fully saturated rings. The topological polar surface area (TPSA) is 101 Å². The summed E-state index contributed by atoms with van der Waals surface area (Å²) in [5, 5.41) is 15.5. The molecule has 0 bridgehead atoms. The van der Waals surface area contributed by atoms with Crippen molar-refractivity contribution in [3.63, 3.8) is 0 Å². The van der Waals surface area contributed by atoms with Gasteiger partial charge in [-0.15, -0.1) is 10.2 Å². The lowest BCUT2D eigenvalue weighted by atomic mass is 9.96. The molecule has 0 saturated heterocycles. The Bertz CT molecular complexity index is 667. The lowest BCUT2D eigenvalue weighted by Crippen LogP contribution is -2.28. The van der Waals surface area contributed by atoms with Gasteiger partial charge >= 0.3 is 0 Å². The third-order valence-electron chi connectivity index (χ3n) is 3.70. The number of nitrogen functional groups attached to an aromatic ring is 1. The molecule has 0 radical (unpaired) electrons. The van der Waals surface area contributed by atoms with Gasteiger partial charge < -0.3 is 10.6 Å². The number of hydrogen-bond acceptors (Lipinski definition) is 7. The van der Waals surface area contributed by atoms with Crippen molar-refractivity contribution in [2.75, 3.05) is 18.5 Å². The summed E-state index contributed by atoms with van der Waals surface area (Å²) in [5.41, 5.74) is 9.06. The SMILES string of the molecule is CN(Cc1n[nH]c2c1CCCC2)C(=O)CSc1nnc(N)s1. The minimum Gasteiger partial charge on any atom is -0.374 e. The van der Waals surface area contributed by atoms with Gasteiger partial charge in [-0.25, -0.2) is 0 Å². The van der Waals surface area contributed by atoms with Crippen molar-refractivity contribution in [1.82, 2.24) is 25.3 Å². The van der Waals surface area contributed by atoms with Gasteiger partial charge in [0.2, 0.25) is 11.0 Å². The smallest absolute Gasteiger partial charge is 0.233 e. The van der Waals surface area contributed by atoms with Crippen LogP contribution in [0.4, 0.5) is 5.13 Å². The molecular formula is C13H18N6OS2. The van der Waals surface area contributed by atoms with E-state index < -0.39 is 0 Å². The van der Waals surface area contributed by atoms with Crippen LogP contribution >= 0.6 is 23.1 Å². The van der Waals surface area contributed by atoms with E-state index in [2.05, 4.69) is 20.4 Å². The third kappa shape index (κ3) is 3.41. The van der Waals surface area contributed by atoms with Crippen LogP contribution in [-0.2, 0) is 24.2 Å². The molecule has 0 atom stereocenters. The monoisotopic (exact) mass is 338 g/mol. The molecule has 0 unspecified atom stereocenters. The first-order chi connectivity index (χ1) is 10.6. The summed E-state index contributed by atoms with van der Waals surface area (Å²) >= 11 is 2.66. The maximum atomic E-state index is 12.2. The number of nitrogens with zero attached hydrogens (tertiary/aromatic N) is 4. The van der Waals surface area contributed by atoms with E-state index in [1.165, 1.54) is 47.2 Å². The second kappa shape index (κ2) is 6.66. The summed E-state index contributed by atoms with van der Waals surface area (Å²) in [6, 6.07) is 0. The molecule has 2 aromatic heterocycles. The van der Waals surface area contributed by atoms with Crippen molar-refractivity contribution < 1.29 is 4.79 Å². The van der Waals surface area contributed by atoms with Gasteiger partial charge in [0.15, 0.2) is 4.34 Å². The molecule has 118 valence electrons. The number of aromatic amines is 1. The van der Waals surface area contributed by atoms with Crippen molar-refractivity contribution in [3.05, 3.63) is 17.0 Å². The maximum absolute atomic E-state index is 12.2. The van der Waals surface area contributed by atoms with Gasteiger partial charge in [-0.05, 0) is 31.2 Å². The van der Waals surface area contributed by atoms with E-state index in [0.717, 1.165) is 22.9 Å². The van der Waals surface area contributed by atoms with E-state index in [1.807, 2.05) is 0 Å². The predicted molar refractivity (Wildman–Crippen MR) is 86.7 cm³/mol. The van der Waals surface area contributed by atoms with Gasteiger partial charge in [0.25, 0.3) is 0 Å². The Balaban J connectivity index is 1.56. The molecule has 22 heavy (non-hydrogen) atoms. The second-order valence-corrected chi connectivity index (χ2v) is 7.51. The van der Waals surface area contributed by atoms with E-state index in [-0.39, 0.29) is 5.91 Å². The van der Waals surface area contributed by atoms with Crippen LogP contribution in [0.1, 0.15) is 29.8 Å². The lowest BCUT2D eigenvalue weighted by molar-refractivity contribution is -0.127. The number of aryl methyl sites for hydroxylation is 1. The Morgan fingerprint density at radius 1 is 1.41 bits per heavy atom. The Morgan fingerprint density at radius 2 is 2.23 bits per heavy atom. The molecule has 3 rings (SSSR count). The summed E-state index contributed by atoms with van der Waals surface area (Å²) in [6.07, 6.45) is 4.53. The number of anilines is 1. The van der Waals surface area contributed by atoms with Gasteiger partial charge in [-0.2, -0.15) is 5.10 Å². The molecule has 1 amide bonds. The zero-order chi connectivity index (χ0) is 15.5. The molecule has 0 aliphatic heterocycles. The van der Waals surface area contributed by atoms with Gasteiger partial charge in [0.05, 0.1) is 18.0 Å². The van der Waals surface area contributed by atoms with Crippen LogP contribution in [0.25, 0.3) is 0 Å². The fourth-order valence-electron chi connectivity index (χ4n) is 2.51. The zero-order valence-corrected chi connectivity index (χ0v) is 14.0. The molecule has 2 heterocycles. The van der Waals surface area contributed by atoms with Gasteiger partial charge in [-0.1, -0.05) is 23.1 Å². The fourth-order valence-corrected chi connectivity index (χ4v) is 4.08. The first kappa shape index (κ1) is 15.3. The van der Waals surface area contributed by atoms with Crippen LogP contribution in [0, 0.1) is 0 Å². The number of nitrogens with two attached hydrogens (primary N) is 1. The average molecular weight is 338 g/mol. The molecule has 3 N–H and O–H groups in total. The summed E-state index contributed by atoms with van der Waals surface area (Å²) in [5.74, 6) is 0.379. The van der Waals surface area contributed by atoms with Crippen LogP contribution in [0.15, 0.2) is 4.34 Å². The Hall–Kier alpha value is -1.61. The summed E-state index contributed by atoms with van der Waals surface area (Å²) in [4.78, 5) is 13.9. The quantitative estimate of drug-likeness (QED) is 0.801. The number of nitrogens with one attached hydrogen (secondary N) is 1. The molecule has 0 saturated carbocycles. The number of hydrogen-bond donors (Lipinski definition) is 2. The standard InChI is InChI=1S/C13H18N6OS2/c1-19(11(20)7-21-13-18-17-12(14)22-13)6-10-8-4-2-3-5-9(8)15-16-10/h2-7H2,1H3,(H2,14,17)(H,15,16). The molecule has 0 aromatic carbocycles. The molecular weight excluding hydrogens is 320 g/mol. The van der Waals surface area contributed by atoms with E-state index in [9.17, 15) is 4.79 Å². The van der Waals surface area contributed by atoms with Crippen LogP contribution < -0.4 is 5.73 Å². The number of rotatable bonds is 5. The summed E-state index contributed by atoms with van der Waals surface area (Å²) in [7, 11) is 1.81. The van der Waals surface area contributed by atoms with E-state index >= 15 is 0 Å². The number of carbonyl (C=O) groups excluding carboxylic acids is 1. The van der Waals surface area contributed by atoms with Crippen LogP contribution in [0.5, 0.6) is 0 Å². The van der Waals surface area contributed by atoms with E-state index in [4.69, 9.17) is 5.73 Å². The molecule has 1 aliphatic rings. The summed E-state index contributed by atoms with van der Waals surface area (Å²) < 4.78 is 0.719. The highest BCUT2D eigenvalue weighted by Crippen LogP contribution is 2.25. The van der Waals surface area contributed by atoms with Gasteiger partial charge in [-0.3, -0.25) is 9.89 Å². The number of fused-ring (bicyclic) bond motifs is 1. The minimum atomic E-state index is 0.0475. The van der Waals surface area contributed by atoms with Crippen molar-refractivity contribution in [2.24, 2.45) is 0 Å². The number of carbonyl (C=O) groups is 1. The van der Waals surface area contributed by atoms with Crippen molar-refractivity contribution in [1.29, 1.82) is 0 Å². The normalized spacial score (nSPS) is 13.9. The first-order valence-corrected chi connectivity index (χ1v) is 8.94. The molecule has 2 aromatic rings. The fraction of sp³-hybridized carbons (Fsp3) is 0.538. The van der Waals surface area contributed by atoms with Gasteiger partial charge in [0.1, 0.15) is 0 Å². The number of aromatic nitrogens is 4. The van der Waals surface area contributed by atoms with Crippen LogP contribution in [0.3, 0.4) is 0 Å². The minimum absolute atomic E-state index is 0.0475. The Labute approximate surface area is 136 Å². The molecule has 1 aliphatic carbocycles. The zero-order valence-electron chi connectivity index (χ0n) is 12.3. The Kier molecular flexibility index (Phi) is 4.63. The van der Waals surface area contributed by atoms with E-state index in [0.29, 0.717) is 17.4 Å². The highest BCUT2D eigenvalue weighted by atomic mass is 32.2. The second-order valence-electron chi connectivity index (χ2n) is 5.28. The largest absolute Gasteiger partial charge is 0.374 e. The average Bonchev–Trinajstić information content (AvgIpc) is 3.12. The van der Waals surface area contributed by atoms with E-state index in [1.54, 1.807) is 11.9 Å². The highest BCUT2D eigenvalue weighted by molar-refractivity contribution is 8.01. The third-order valence-corrected chi connectivity index (χ3v) is 5.57. The maximum Gasteiger partial charge on any atom is 0.233 e. The number of thioether (sulfide) groups is 1. The summed E-state index contributed by atoms with van der Waals surface area (Å²) in [6.45, 7) is 0.545. The van der Waals surface area contributed by atoms with Crippen LogP contribution in [-0.4, -0.2) is 44.0 Å². The van der Waals surface area contributed by atoms with Gasteiger partial charge in [0, 0.05) is 12.7 Å². The first-order valence-electron chi connectivity index (χ1n) is 7.14. The number of H-pyrrole nitrogens is 1. The lowest BCUT2D eigenvalue weighted by Gasteiger charge is -2.17. The predicted octanol–water partition coefficient (Wildman–Crippen LogP) is 1.47. The van der Waals surface area contributed by atoms with Crippen molar-refractivity contribution in [2.45, 2.75) is 36.6 Å². The molecule has 7 nitrogen and oxygen atoms in total. The van der Waals surface area contributed by atoms with Crippen molar-refractivity contribution >= 4 is 34.1 Å². The van der Waals surface area contributed by atoms with Crippen molar-refractivity contribution in [3.8, 4) is 0 Å². The number of amides is 1.